The lowest BCUT2D eigenvalue weighted by Crippen LogP contribution is -2.45. The maximum atomic E-state index is 15.4. The van der Waals surface area contributed by atoms with Gasteiger partial charge in [0.15, 0.2) is 17.3 Å². The van der Waals surface area contributed by atoms with Gasteiger partial charge in [-0.15, -0.1) is 0 Å². The lowest BCUT2D eigenvalue weighted by atomic mass is 10.1. The highest BCUT2D eigenvalue weighted by Gasteiger charge is 2.28. The minimum Gasteiger partial charge on any atom is -0.391 e. The third-order valence-corrected chi connectivity index (χ3v) is 6.80. The fourth-order valence-corrected chi connectivity index (χ4v) is 4.90. The number of hydrogen-bond acceptors (Lipinski definition) is 6. The molecule has 0 aliphatic carbocycles. The van der Waals surface area contributed by atoms with Crippen molar-refractivity contribution in [2.45, 2.75) is 31.4 Å². The van der Waals surface area contributed by atoms with Crippen molar-refractivity contribution in [3.8, 4) is 23.0 Å². The first-order valence-corrected chi connectivity index (χ1v) is 12.0. The Morgan fingerprint density at radius 2 is 1.81 bits per heavy atom. The number of hydrogen-bond donors (Lipinski definition) is 2. The number of nitriles is 1. The molecular weight excluding hydrogens is 485 g/mol. The summed E-state index contributed by atoms with van der Waals surface area (Å²) in [6.45, 7) is 1.50. The van der Waals surface area contributed by atoms with Crippen LogP contribution in [-0.2, 0) is 0 Å². The number of anilines is 1. The van der Waals surface area contributed by atoms with E-state index in [9.17, 15) is 14.3 Å². The molecule has 2 saturated heterocycles. The van der Waals surface area contributed by atoms with Crippen LogP contribution in [0.3, 0.4) is 0 Å². The van der Waals surface area contributed by atoms with Gasteiger partial charge in [0.1, 0.15) is 17.6 Å². The molecule has 2 atom stereocenters. The van der Waals surface area contributed by atoms with Crippen LogP contribution in [0.25, 0.3) is 16.9 Å². The monoisotopic (exact) mass is 510 g/mol. The van der Waals surface area contributed by atoms with Crippen molar-refractivity contribution in [3.05, 3.63) is 65.1 Å². The molecule has 3 N–H and O–H groups in total. The molecule has 2 aromatic carbocycles. The molecule has 8 nitrogen and oxygen atoms in total. The average Bonchev–Trinajstić information content (AvgIpc) is 3.50. The number of amides is 1. The molecule has 1 unspecified atom stereocenters. The van der Waals surface area contributed by atoms with Crippen molar-refractivity contribution in [2.24, 2.45) is 5.73 Å². The average molecular weight is 511 g/mol. The van der Waals surface area contributed by atoms with E-state index in [4.69, 9.17) is 11.0 Å². The molecule has 3 aromatic rings. The van der Waals surface area contributed by atoms with Gasteiger partial charge in [-0.2, -0.15) is 10.4 Å². The highest BCUT2D eigenvalue weighted by molar-refractivity contribution is 5.94. The van der Waals surface area contributed by atoms with Gasteiger partial charge in [0.05, 0.1) is 17.4 Å². The molecule has 11 heteroatoms. The van der Waals surface area contributed by atoms with Gasteiger partial charge in [0.25, 0.3) is 5.91 Å². The second-order valence-electron chi connectivity index (χ2n) is 9.43. The summed E-state index contributed by atoms with van der Waals surface area (Å²) in [6, 6.07) is 8.94. The Morgan fingerprint density at radius 1 is 1.05 bits per heavy atom. The molecular formula is C26H25F3N6O2. The number of benzene rings is 2. The first kappa shape index (κ1) is 24.8. The first-order chi connectivity index (χ1) is 17.7. The standard InChI is InChI=1S/C26H25F3N6O2/c27-20-8-15(3-4-16(20)12-30)24-11-23(26(37)34-6-1-2-17(31)13-34)32-35(24)25-21(28)9-18(10-22(25)29)33-7-5-19(36)14-33/h3-4,8-11,17,19,36H,1-2,5-7,13-14,31H2/t17-,19?/m1/s1. The topological polar surface area (TPSA) is 111 Å². The van der Waals surface area contributed by atoms with Crippen molar-refractivity contribution in [2.75, 3.05) is 31.1 Å². The molecule has 3 heterocycles. The molecule has 1 amide bonds. The van der Waals surface area contributed by atoms with Crippen molar-refractivity contribution in [1.29, 1.82) is 5.26 Å². The number of aromatic nitrogens is 2. The normalized spacial score (nSPS) is 19.8. The van der Waals surface area contributed by atoms with E-state index in [-0.39, 0.29) is 40.8 Å². The summed E-state index contributed by atoms with van der Waals surface area (Å²) < 4.78 is 46.3. The summed E-state index contributed by atoms with van der Waals surface area (Å²) in [7, 11) is 0. The molecule has 1 aromatic heterocycles. The molecule has 0 bridgehead atoms. The third-order valence-electron chi connectivity index (χ3n) is 6.80. The molecule has 2 aliphatic rings. The van der Waals surface area contributed by atoms with E-state index in [1.54, 1.807) is 15.9 Å². The van der Waals surface area contributed by atoms with Gasteiger partial charge in [-0.05, 0) is 49.6 Å². The van der Waals surface area contributed by atoms with Gasteiger partial charge < -0.3 is 20.6 Å². The fourth-order valence-electron chi connectivity index (χ4n) is 4.90. The number of β-amino-alcohol motifs (C(OH)–C–C–N with tert-alkyl or cyclic N) is 1. The van der Waals surface area contributed by atoms with Gasteiger partial charge in [-0.1, -0.05) is 6.07 Å². The van der Waals surface area contributed by atoms with Gasteiger partial charge in [-0.25, -0.2) is 17.9 Å². The Kier molecular flexibility index (Phi) is 6.62. The Labute approximate surface area is 211 Å². The SMILES string of the molecule is N#Cc1ccc(-c2cc(C(=O)N3CCC[C@@H](N)C3)nn2-c2c(F)cc(N3CCC(O)C3)cc2F)cc1F. The lowest BCUT2D eigenvalue weighted by molar-refractivity contribution is 0.0702. The zero-order valence-electron chi connectivity index (χ0n) is 19.9. The number of nitrogens with zero attached hydrogens (tertiary/aromatic N) is 5. The van der Waals surface area contributed by atoms with Crippen LogP contribution in [-0.4, -0.2) is 64.0 Å². The predicted octanol–water partition coefficient (Wildman–Crippen LogP) is 2.96. The first-order valence-electron chi connectivity index (χ1n) is 12.0. The van der Waals surface area contributed by atoms with Crippen molar-refractivity contribution < 1.29 is 23.1 Å². The van der Waals surface area contributed by atoms with E-state index in [0.29, 0.717) is 26.1 Å². The van der Waals surface area contributed by atoms with Crippen molar-refractivity contribution in [1.82, 2.24) is 14.7 Å². The second-order valence-corrected chi connectivity index (χ2v) is 9.43. The maximum absolute atomic E-state index is 15.4. The largest absolute Gasteiger partial charge is 0.391 e. The minimum absolute atomic E-state index is 0.0700. The molecule has 37 heavy (non-hydrogen) atoms. The van der Waals surface area contributed by atoms with E-state index in [1.165, 1.54) is 18.2 Å². The summed E-state index contributed by atoms with van der Waals surface area (Å²) in [5.74, 6) is -3.14. The molecule has 5 rings (SSSR count). The van der Waals surface area contributed by atoms with Crippen LogP contribution in [0, 0.1) is 28.8 Å². The smallest absolute Gasteiger partial charge is 0.274 e. The molecule has 0 radical (unpaired) electrons. The molecule has 2 fully saturated rings. The lowest BCUT2D eigenvalue weighted by Gasteiger charge is -2.30. The zero-order chi connectivity index (χ0) is 26.3. The van der Waals surface area contributed by atoms with Crippen LogP contribution in [0.1, 0.15) is 35.3 Å². The Hall–Kier alpha value is -3.88. The molecule has 2 aliphatic heterocycles. The predicted molar refractivity (Wildman–Crippen MR) is 130 cm³/mol. The number of nitrogens with two attached hydrogens (primary N) is 1. The summed E-state index contributed by atoms with van der Waals surface area (Å²) in [6.07, 6.45) is 1.41. The van der Waals surface area contributed by atoms with Gasteiger partial charge in [0.2, 0.25) is 0 Å². The second kappa shape index (κ2) is 9.88. The Bertz CT molecular complexity index is 1380. The number of rotatable bonds is 4. The highest BCUT2D eigenvalue weighted by Crippen LogP contribution is 2.32. The fraction of sp³-hybridized carbons (Fsp3) is 0.346. The van der Waals surface area contributed by atoms with Gasteiger partial charge in [0, 0.05) is 43.5 Å². The van der Waals surface area contributed by atoms with Gasteiger partial charge >= 0.3 is 0 Å². The summed E-state index contributed by atoms with van der Waals surface area (Å²) in [4.78, 5) is 16.4. The van der Waals surface area contributed by atoms with Crippen molar-refractivity contribution in [3.63, 3.8) is 0 Å². The van der Waals surface area contributed by atoms with E-state index in [1.807, 2.05) is 0 Å². The minimum atomic E-state index is -0.936. The Balaban J connectivity index is 1.61. The van der Waals surface area contributed by atoms with Gasteiger partial charge in [-0.3, -0.25) is 4.79 Å². The van der Waals surface area contributed by atoms with Crippen LogP contribution in [0.5, 0.6) is 0 Å². The van der Waals surface area contributed by atoms with Crippen LogP contribution in [0.2, 0.25) is 0 Å². The summed E-state index contributed by atoms with van der Waals surface area (Å²) >= 11 is 0. The molecule has 0 saturated carbocycles. The number of carbonyl (C=O) groups excluding carboxylic acids is 1. The summed E-state index contributed by atoms with van der Waals surface area (Å²) in [5.41, 5.74) is 5.75. The zero-order valence-corrected chi connectivity index (χ0v) is 19.9. The number of aliphatic hydroxyl groups is 1. The third kappa shape index (κ3) is 4.77. The number of aliphatic hydroxyl groups excluding tert-OH is 1. The molecule has 0 spiro atoms. The summed E-state index contributed by atoms with van der Waals surface area (Å²) in [5, 5.41) is 23.1. The van der Waals surface area contributed by atoms with Crippen LogP contribution >= 0.6 is 0 Å². The van der Waals surface area contributed by atoms with Crippen LogP contribution in [0.4, 0.5) is 18.9 Å². The highest BCUT2D eigenvalue weighted by atomic mass is 19.1. The number of likely N-dealkylation sites (tertiary alicyclic amines) is 1. The van der Waals surface area contributed by atoms with Crippen LogP contribution < -0.4 is 10.6 Å². The number of halogens is 3. The van der Waals surface area contributed by atoms with E-state index in [0.717, 1.165) is 35.7 Å². The van der Waals surface area contributed by atoms with E-state index < -0.39 is 35.2 Å². The number of carbonyl (C=O) groups is 1. The quantitative estimate of drug-likeness (QED) is 0.558. The maximum Gasteiger partial charge on any atom is 0.274 e. The van der Waals surface area contributed by atoms with Crippen molar-refractivity contribution >= 4 is 11.6 Å². The molecule has 192 valence electrons. The van der Waals surface area contributed by atoms with E-state index in [2.05, 4.69) is 5.10 Å². The number of piperidine rings is 1. The Morgan fingerprint density at radius 3 is 2.43 bits per heavy atom. The van der Waals surface area contributed by atoms with E-state index >= 15 is 8.78 Å². The van der Waals surface area contributed by atoms with Crippen LogP contribution in [0.15, 0.2) is 36.4 Å².